The molecule has 0 saturated carbocycles. The molecule has 0 saturated heterocycles. The largest absolute Gasteiger partial charge is 0.508 e. The number of nitrogens with one attached hydrogen (secondary N) is 1. The van der Waals surface area contributed by atoms with Crippen molar-refractivity contribution in [3.63, 3.8) is 0 Å². The number of phenols is 1. The van der Waals surface area contributed by atoms with Crippen LogP contribution in [0.1, 0.15) is 52.7 Å². The van der Waals surface area contributed by atoms with Crippen LogP contribution >= 0.6 is 12.4 Å². The summed E-state index contributed by atoms with van der Waals surface area (Å²) in [5, 5.41) is 13.7. The average molecular weight is 282 g/mol. The highest BCUT2D eigenvalue weighted by Gasteiger charge is 2.26. The number of anilines is 1. The van der Waals surface area contributed by atoms with Crippen LogP contribution in [-0.2, 0) is 5.41 Å². The molecule has 0 aromatic heterocycles. The van der Waals surface area contributed by atoms with Gasteiger partial charge in [-0.15, -0.1) is 12.4 Å². The molecule has 0 amide bonds. The molecule has 106 valence electrons. The number of phenolic OH excluding ortho intramolecular Hbond substituents is 1. The predicted octanol–water partition coefficient (Wildman–Crippen LogP) is 4.72. The van der Waals surface area contributed by atoms with Crippen LogP contribution in [0.5, 0.6) is 5.75 Å². The molecule has 1 aliphatic heterocycles. The Bertz CT molecular complexity index is 524. The van der Waals surface area contributed by atoms with Gasteiger partial charge in [-0.3, -0.25) is 0 Å². The van der Waals surface area contributed by atoms with Crippen molar-refractivity contribution in [2.75, 3.05) is 5.32 Å². The Morgan fingerprint density at radius 1 is 1.16 bits per heavy atom. The number of allylic oxidation sites excluding steroid dienone is 1. The van der Waals surface area contributed by atoms with Gasteiger partial charge in [0.15, 0.2) is 0 Å². The standard InChI is InChI=1S/C16H23NO.ClH/c1-10-9-16(5,6)17-13-8-12(15(2,3)4)14(18)7-11(10)13;/h7-9,17-18H,1-6H3;1H. The highest BCUT2D eigenvalue weighted by Crippen LogP contribution is 2.40. The van der Waals surface area contributed by atoms with E-state index in [-0.39, 0.29) is 23.4 Å². The Labute approximate surface area is 122 Å². The Morgan fingerprint density at radius 2 is 1.74 bits per heavy atom. The summed E-state index contributed by atoms with van der Waals surface area (Å²) in [5.74, 6) is 0.385. The molecule has 0 aliphatic carbocycles. The van der Waals surface area contributed by atoms with E-state index in [9.17, 15) is 5.11 Å². The monoisotopic (exact) mass is 281 g/mol. The zero-order valence-corrected chi connectivity index (χ0v) is 13.4. The number of aromatic hydroxyl groups is 1. The molecule has 0 bridgehead atoms. The quantitative estimate of drug-likeness (QED) is 0.675. The first-order valence-corrected chi connectivity index (χ1v) is 6.46. The number of hydrogen-bond donors (Lipinski definition) is 2. The fourth-order valence-corrected chi connectivity index (χ4v) is 2.62. The summed E-state index contributed by atoms with van der Waals surface area (Å²) in [6.45, 7) is 12.8. The van der Waals surface area contributed by atoms with Crippen molar-refractivity contribution < 1.29 is 5.11 Å². The van der Waals surface area contributed by atoms with Crippen LogP contribution in [0.3, 0.4) is 0 Å². The highest BCUT2D eigenvalue weighted by molar-refractivity contribution is 5.85. The zero-order chi connectivity index (χ0) is 13.7. The third-order valence-corrected chi connectivity index (χ3v) is 3.40. The van der Waals surface area contributed by atoms with Crippen molar-refractivity contribution in [2.45, 2.75) is 52.5 Å². The maximum absolute atomic E-state index is 10.2. The molecule has 19 heavy (non-hydrogen) atoms. The molecule has 2 N–H and O–H groups in total. The van der Waals surface area contributed by atoms with Crippen LogP contribution in [0.2, 0.25) is 0 Å². The Balaban J connectivity index is 0.00000180. The van der Waals surface area contributed by atoms with Gasteiger partial charge in [-0.25, -0.2) is 0 Å². The van der Waals surface area contributed by atoms with E-state index >= 15 is 0 Å². The first-order chi connectivity index (χ1) is 8.10. The van der Waals surface area contributed by atoms with Crippen molar-refractivity contribution in [3.05, 3.63) is 29.3 Å². The van der Waals surface area contributed by atoms with Gasteiger partial charge in [-0.1, -0.05) is 26.8 Å². The molecule has 2 nitrogen and oxygen atoms in total. The molecule has 3 heteroatoms. The van der Waals surface area contributed by atoms with Crippen LogP contribution in [0.25, 0.3) is 5.57 Å². The molecule has 0 radical (unpaired) electrons. The molecule has 1 aromatic carbocycles. The van der Waals surface area contributed by atoms with Crippen molar-refractivity contribution in [2.24, 2.45) is 0 Å². The molecule has 1 heterocycles. The molecule has 0 fully saturated rings. The van der Waals surface area contributed by atoms with Gasteiger partial charge < -0.3 is 10.4 Å². The van der Waals surface area contributed by atoms with E-state index in [2.05, 4.69) is 59.0 Å². The molecule has 2 rings (SSSR count). The number of halogens is 1. The van der Waals surface area contributed by atoms with Gasteiger partial charge >= 0.3 is 0 Å². The second-order valence-electron chi connectivity index (χ2n) is 6.84. The molecular formula is C16H24ClNO. The lowest BCUT2D eigenvalue weighted by Crippen LogP contribution is -2.31. The lowest BCUT2D eigenvalue weighted by Gasteiger charge is -2.33. The van der Waals surface area contributed by atoms with Crippen molar-refractivity contribution >= 4 is 23.7 Å². The maximum atomic E-state index is 10.2. The summed E-state index contributed by atoms with van der Waals surface area (Å²) in [6.07, 6.45) is 2.20. The minimum absolute atomic E-state index is 0. The van der Waals surface area contributed by atoms with Crippen molar-refractivity contribution in [1.82, 2.24) is 0 Å². The number of rotatable bonds is 0. The van der Waals surface area contributed by atoms with E-state index in [4.69, 9.17) is 0 Å². The minimum atomic E-state index is -0.0556. The smallest absolute Gasteiger partial charge is 0.120 e. The van der Waals surface area contributed by atoms with Gasteiger partial charge in [0.05, 0.1) is 5.54 Å². The normalized spacial score (nSPS) is 16.8. The molecule has 0 unspecified atom stereocenters. The predicted molar refractivity (Wildman–Crippen MR) is 85.4 cm³/mol. The first-order valence-electron chi connectivity index (χ1n) is 6.46. The van der Waals surface area contributed by atoms with E-state index in [1.807, 2.05) is 6.07 Å². The van der Waals surface area contributed by atoms with Gasteiger partial charge in [0, 0.05) is 16.8 Å². The van der Waals surface area contributed by atoms with Crippen LogP contribution in [0, 0.1) is 0 Å². The number of benzene rings is 1. The number of hydrogen-bond acceptors (Lipinski definition) is 2. The van der Waals surface area contributed by atoms with E-state index < -0.39 is 0 Å². The molecule has 0 spiro atoms. The summed E-state index contributed by atoms with van der Waals surface area (Å²) in [4.78, 5) is 0. The van der Waals surface area contributed by atoms with Crippen LogP contribution in [-0.4, -0.2) is 10.6 Å². The van der Waals surface area contributed by atoms with Gasteiger partial charge in [0.2, 0.25) is 0 Å². The Hall–Kier alpha value is -1.15. The van der Waals surface area contributed by atoms with Gasteiger partial charge in [-0.2, -0.15) is 0 Å². The minimum Gasteiger partial charge on any atom is -0.508 e. The van der Waals surface area contributed by atoms with E-state index in [0.717, 1.165) is 16.8 Å². The summed E-state index contributed by atoms with van der Waals surface area (Å²) < 4.78 is 0. The van der Waals surface area contributed by atoms with E-state index in [1.54, 1.807) is 0 Å². The first kappa shape index (κ1) is 15.9. The SMILES string of the molecule is CC1=CC(C)(C)Nc2cc(C(C)(C)C)c(O)cc21.Cl. The van der Waals surface area contributed by atoms with Crippen molar-refractivity contribution in [1.29, 1.82) is 0 Å². The summed E-state index contributed by atoms with van der Waals surface area (Å²) >= 11 is 0. The summed E-state index contributed by atoms with van der Waals surface area (Å²) in [7, 11) is 0. The van der Waals surface area contributed by atoms with Crippen LogP contribution < -0.4 is 5.32 Å². The molecule has 1 aliphatic rings. The third kappa shape index (κ3) is 3.06. The Kier molecular flexibility index (Phi) is 3.98. The maximum Gasteiger partial charge on any atom is 0.120 e. The van der Waals surface area contributed by atoms with Crippen molar-refractivity contribution in [3.8, 4) is 5.75 Å². The molecule has 1 aromatic rings. The van der Waals surface area contributed by atoms with E-state index in [0.29, 0.717) is 5.75 Å². The van der Waals surface area contributed by atoms with Crippen LogP contribution in [0.4, 0.5) is 5.69 Å². The Morgan fingerprint density at radius 3 is 2.26 bits per heavy atom. The summed E-state index contributed by atoms with van der Waals surface area (Å²) in [5.41, 5.74) is 4.31. The van der Waals surface area contributed by atoms with E-state index in [1.165, 1.54) is 5.57 Å². The topological polar surface area (TPSA) is 32.3 Å². The number of fused-ring (bicyclic) bond motifs is 1. The third-order valence-electron chi connectivity index (χ3n) is 3.40. The lowest BCUT2D eigenvalue weighted by atomic mass is 9.83. The molecule has 0 atom stereocenters. The van der Waals surface area contributed by atoms with Gasteiger partial charge in [0.1, 0.15) is 5.75 Å². The zero-order valence-electron chi connectivity index (χ0n) is 12.6. The fourth-order valence-electron chi connectivity index (χ4n) is 2.62. The fraction of sp³-hybridized carbons (Fsp3) is 0.500. The highest BCUT2D eigenvalue weighted by atomic mass is 35.5. The second kappa shape index (κ2) is 4.75. The second-order valence-corrected chi connectivity index (χ2v) is 6.84. The average Bonchev–Trinajstić information content (AvgIpc) is 2.15. The van der Waals surface area contributed by atoms with Gasteiger partial charge in [0.25, 0.3) is 0 Å². The summed E-state index contributed by atoms with van der Waals surface area (Å²) in [6, 6.07) is 3.97. The molecular weight excluding hydrogens is 258 g/mol. The van der Waals surface area contributed by atoms with Crippen LogP contribution in [0.15, 0.2) is 18.2 Å². The van der Waals surface area contributed by atoms with Gasteiger partial charge in [-0.05, 0) is 43.9 Å². The lowest BCUT2D eigenvalue weighted by molar-refractivity contribution is 0.446.